The number of phenols is 1. The van der Waals surface area contributed by atoms with Gasteiger partial charge in [0.2, 0.25) is 0 Å². The van der Waals surface area contributed by atoms with Gasteiger partial charge in [0.25, 0.3) is 0 Å². The summed E-state index contributed by atoms with van der Waals surface area (Å²) in [6.45, 7) is 4.84. The van der Waals surface area contributed by atoms with Crippen LogP contribution in [0.5, 0.6) is 5.75 Å². The summed E-state index contributed by atoms with van der Waals surface area (Å²) in [5.74, 6) is 0.571. The molecule has 8 nitrogen and oxygen atoms in total. The highest BCUT2D eigenvalue weighted by atomic mass is 16.3. The van der Waals surface area contributed by atoms with Gasteiger partial charge < -0.3 is 26.6 Å². The van der Waals surface area contributed by atoms with E-state index >= 15 is 0 Å². The summed E-state index contributed by atoms with van der Waals surface area (Å²) in [5, 5.41) is 29.5. The number of benzene rings is 1. The maximum absolute atomic E-state index is 11.0. The van der Waals surface area contributed by atoms with Crippen LogP contribution in [0.3, 0.4) is 0 Å². The van der Waals surface area contributed by atoms with Gasteiger partial charge >= 0.3 is 0 Å². The number of hydrogen-bond acceptors (Lipinski definition) is 8. The van der Waals surface area contributed by atoms with E-state index in [1.807, 2.05) is 25.1 Å². The fourth-order valence-electron chi connectivity index (χ4n) is 4.89. The van der Waals surface area contributed by atoms with Gasteiger partial charge in [-0.1, -0.05) is 19.1 Å². The molecule has 6 N–H and O–H groups in total. The fraction of sp³-hybridized carbons (Fsp3) is 0.545. The van der Waals surface area contributed by atoms with E-state index in [-0.39, 0.29) is 5.75 Å². The highest BCUT2D eigenvalue weighted by Gasteiger charge is 2.43. The molecule has 1 aromatic carbocycles. The third-order valence-electron chi connectivity index (χ3n) is 6.70. The van der Waals surface area contributed by atoms with E-state index in [1.54, 1.807) is 12.1 Å². The zero-order valence-corrected chi connectivity index (χ0v) is 17.5. The van der Waals surface area contributed by atoms with Crippen molar-refractivity contribution in [3.63, 3.8) is 0 Å². The van der Waals surface area contributed by atoms with Gasteiger partial charge in [0, 0.05) is 37.3 Å². The van der Waals surface area contributed by atoms with Crippen molar-refractivity contribution < 1.29 is 10.2 Å². The molecular weight excluding hydrogens is 380 g/mol. The minimum Gasteiger partial charge on any atom is -0.507 e. The molecule has 1 aromatic heterocycles. The number of nitrogens with two attached hydrogens (primary N) is 2. The number of anilines is 2. The lowest BCUT2D eigenvalue weighted by Crippen LogP contribution is -2.58. The Bertz CT molecular complexity index is 880. The molecule has 8 heteroatoms. The van der Waals surface area contributed by atoms with Crippen LogP contribution >= 0.6 is 0 Å². The van der Waals surface area contributed by atoms with Gasteiger partial charge in [-0.2, -0.15) is 0 Å². The maximum Gasteiger partial charge on any atom is 0.169 e. The number of aliphatic hydroxyl groups is 1. The second kappa shape index (κ2) is 8.37. The van der Waals surface area contributed by atoms with E-state index in [1.165, 1.54) is 0 Å². The van der Waals surface area contributed by atoms with Gasteiger partial charge in [0.15, 0.2) is 5.82 Å². The molecule has 0 saturated carbocycles. The lowest BCUT2D eigenvalue weighted by Gasteiger charge is -2.45. The number of aromatic hydroxyl groups is 1. The van der Waals surface area contributed by atoms with Gasteiger partial charge in [-0.05, 0) is 50.4 Å². The average molecular weight is 413 g/mol. The molecule has 3 atom stereocenters. The highest BCUT2D eigenvalue weighted by molar-refractivity contribution is 5.74. The number of fused-ring (bicyclic) bond motifs is 2. The Morgan fingerprint density at radius 1 is 1.17 bits per heavy atom. The van der Waals surface area contributed by atoms with E-state index < -0.39 is 5.60 Å². The first-order valence-electron chi connectivity index (χ1n) is 10.8. The summed E-state index contributed by atoms with van der Waals surface area (Å²) in [6, 6.07) is 9.75. The number of nitrogen functional groups attached to an aromatic ring is 1. The van der Waals surface area contributed by atoms with Crippen LogP contribution in [-0.2, 0) is 0 Å². The van der Waals surface area contributed by atoms with Crippen molar-refractivity contribution in [3.8, 4) is 17.0 Å². The molecule has 3 unspecified atom stereocenters. The molecule has 2 aliphatic rings. The number of phenolic OH excluding ortho intramolecular Hbond substituents is 1. The molecule has 162 valence electrons. The van der Waals surface area contributed by atoms with E-state index in [0.29, 0.717) is 55.1 Å². The Hall–Kier alpha value is -2.42. The first-order valence-corrected chi connectivity index (χ1v) is 10.8. The summed E-state index contributed by atoms with van der Waals surface area (Å²) in [7, 11) is 0. The molecule has 0 radical (unpaired) electrons. The van der Waals surface area contributed by atoms with Crippen LogP contribution in [0.4, 0.5) is 11.5 Å². The summed E-state index contributed by atoms with van der Waals surface area (Å²) in [5.41, 5.74) is 13.3. The Kier molecular flexibility index (Phi) is 5.81. The smallest absolute Gasteiger partial charge is 0.169 e. The van der Waals surface area contributed by atoms with Crippen molar-refractivity contribution in [3.05, 3.63) is 30.3 Å². The quantitative estimate of drug-likeness (QED) is 0.540. The van der Waals surface area contributed by atoms with Gasteiger partial charge in [0.1, 0.15) is 5.75 Å². The summed E-state index contributed by atoms with van der Waals surface area (Å²) >= 11 is 0. The van der Waals surface area contributed by atoms with Crippen molar-refractivity contribution in [2.45, 2.75) is 50.3 Å². The molecule has 30 heavy (non-hydrogen) atoms. The Labute approximate surface area is 177 Å². The number of nitrogens with zero attached hydrogens (tertiary/aromatic N) is 4. The van der Waals surface area contributed by atoms with Crippen molar-refractivity contribution in [1.82, 2.24) is 15.1 Å². The van der Waals surface area contributed by atoms with Crippen LogP contribution < -0.4 is 16.4 Å². The predicted octanol–water partition coefficient (Wildman–Crippen LogP) is 1.57. The van der Waals surface area contributed by atoms with Crippen LogP contribution in [0.15, 0.2) is 30.3 Å². The highest BCUT2D eigenvalue weighted by Crippen LogP contribution is 2.37. The molecular formula is C22H32N6O2. The van der Waals surface area contributed by atoms with Gasteiger partial charge in [-0.3, -0.25) is 4.90 Å². The second-order valence-corrected chi connectivity index (χ2v) is 8.60. The number of para-hydroxylation sites is 1. The monoisotopic (exact) mass is 412 g/mol. The predicted molar refractivity (Wildman–Crippen MR) is 118 cm³/mol. The number of aromatic nitrogens is 2. The Morgan fingerprint density at radius 3 is 2.50 bits per heavy atom. The Balaban J connectivity index is 1.55. The van der Waals surface area contributed by atoms with E-state index in [2.05, 4.69) is 20.0 Å². The van der Waals surface area contributed by atoms with Crippen LogP contribution in [0.2, 0.25) is 0 Å². The minimum atomic E-state index is -0.729. The normalized spacial score (nSPS) is 23.5. The van der Waals surface area contributed by atoms with Crippen molar-refractivity contribution >= 4 is 11.5 Å². The maximum atomic E-state index is 11.0. The summed E-state index contributed by atoms with van der Waals surface area (Å²) in [6.07, 6.45) is 3.53. The average Bonchev–Trinajstić information content (AvgIpc) is 2.96. The zero-order valence-electron chi connectivity index (χ0n) is 17.5. The number of rotatable bonds is 7. The molecule has 3 heterocycles. The van der Waals surface area contributed by atoms with Crippen molar-refractivity contribution in [2.75, 3.05) is 36.8 Å². The molecule has 2 fully saturated rings. The van der Waals surface area contributed by atoms with Crippen molar-refractivity contribution in [2.24, 2.45) is 5.73 Å². The molecule has 2 saturated heterocycles. The molecule has 2 aromatic rings. The minimum absolute atomic E-state index is 0.172. The van der Waals surface area contributed by atoms with Crippen LogP contribution in [0.25, 0.3) is 11.3 Å². The lowest BCUT2D eigenvalue weighted by molar-refractivity contribution is -0.0218. The van der Waals surface area contributed by atoms with Gasteiger partial charge in [-0.25, -0.2) is 0 Å². The summed E-state index contributed by atoms with van der Waals surface area (Å²) in [4.78, 5) is 4.74. The number of hydrogen-bond donors (Lipinski definition) is 4. The zero-order chi connectivity index (χ0) is 21.3. The Morgan fingerprint density at radius 2 is 1.87 bits per heavy atom. The SMILES string of the molecule is CCC(O)(CCN)CN1C2CCC1CN(c1cc(-c3ccccc3O)nnc1N)C2. The largest absolute Gasteiger partial charge is 0.507 e. The standard InChI is InChI=1S/C22H32N6O2/c1-2-22(30,9-10-23)14-28-15-7-8-16(28)13-27(12-15)19-11-18(25-26-21(19)24)17-5-3-4-6-20(17)29/h3-6,11,15-16,29-30H,2,7-10,12-14,23H2,1H3,(H2,24,26). The third kappa shape index (κ3) is 3.95. The second-order valence-electron chi connectivity index (χ2n) is 8.60. The molecule has 0 amide bonds. The summed E-state index contributed by atoms with van der Waals surface area (Å²) < 4.78 is 0. The van der Waals surface area contributed by atoms with E-state index in [0.717, 1.165) is 31.6 Å². The molecule has 2 bridgehead atoms. The van der Waals surface area contributed by atoms with Gasteiger partial charge in [0.05, 0.1) is 17.0 Å². The molecule has 4 rings (SSSR count). The molecule has 0 spiro atoms. The van der Waals surface area contributed by atoms with Crippen LogP contribution in [0.1, 0.15) is 32.6 Å². The first-order chi connectivity index (χ1) is 14.4. The molecule has 2 aliphatic heterocycles. The number of piperazine rings is 1. The fourth-order valence-corrected chi connectivity index (χ4v) is 4.89. The van der Waals surface area contributed by atoms with Gasteiger partial charge in [-0.15, -0.1) is 10.2 Å². The first kappa shape index (κ1) is 20.8. The van der Waals surface area contributed by atoms with Crippen molar-refractivity contribution in [1.29, 1.82) is 0 Å². The lowest BCUT2D eigenvalue weighted by atomic mass is 9.94. The van der Waals surface area contributed by atoms with Crippen LogP contribution in [-0.4, -0.2) is 69.2 Å². The van der Waals surface area contributed by atoms with E-state index in [9.17, 15) is 10.2 Å². The topological polar surface area (TPSA) is 125 Å². The van der Waals surface area contributed by atoms with Crippen LogP contribution in [0, 0.1) is 0 Å². The van der Waals surface area contributed by atoms with E-state index in [4.69, 9.17) is 11.5 Å². The third-order valence-corrected chi connectivity index (χ3v) is 6.70. The molecule has 0 aliphatic carbocycles.